The number of amides is 1. The van der Waals surface area contributed by atoms with Crippen molar-refractivity contribution in [3.63, 3.8) is 0 Å². The van der Waals surface area contributed by atoms with Crippen LogP contribution < -0.4 is 14.8 Å². The molecule has 0 unspecified atom stereocenters. The van der Waals surface area contributed by atoms with Gasteiger partial charge in [-0.15, -0.1) is 0 Å². The number of ketones is 1. The van der Waals surface area contributed by atoms with Crippen LogP contribution in [0.2, 0.25) is 0 Å². The normalized spacial score (nSPS) is 12.0. The van der Waals surface area contributed by atoms with Crippen molar-refractivity contribution in [3.05, 3.63) is 132 Å². The summed E-state index contributed by atoms with van der Waals surface area (Å²) in [5.74, 6) is 0.910. The summed E-state index contributed by atoms with van der Waals surface area (Å²) in [5, 5.41) is 7.64. The van der Waals surface area contributed by atoms with Gasteiger partial charge in [0.25, 0.3) is 5.91 Å². The number of benzene rings is 4. The van der Waals surface area contributed by atoms with Crippen molar-refractivity contribution < 1.29 is 19.1 Å². The molecule has 0 bridgehead atoms. The molecule has 7 heteroatoms. The van der Waals surface area contributed by atoms with E-state index in [0.29, 0.717) is 34.0 Å². The van der Waals surface area contributed by atoms with E-state index >= 15 is 0 Å². The second-order valence-corrected chi connectivity index (χ2v) is 8.88. The molecule has 190 valence electrons. The summed E-state index contributed by atoms with van der Waals surface area (Å²) >= 11 is 0. The topological polar surface area (TPSA) is 82.5 Å². The number of hydrogen-bond donors (Lipinski definition) is 1. The van der Waals surface area contributed by atoms with Crippen molar-refractivity contribution in [2.24, 2.45) is 0 Å². The van der Waals surface area contributed by atoms with Gasteiger partial charge in [-0.2, -0.15) is 5.10 Å². The lowest BCUT2D eigenvalue weighted by atomic mass is 10.1. The first-order valence-corrected chi connectivity index (χ1v) is 12.4. The van der Waals surface area contributed by atoms with Crippen LogP contribution in [0, 0.1) is 0 Å². The van der Waals surface area contributed by atoms with E-state index < -0.39 is 0 Å². The number of aromatic nitrogens is 2. The molecule has 7 nitrogen and oxygen atoms in total. The Labute approximate surface area is 224 Å². The SMILES string of the molecule is O=C(/C=C/c1ccc2c(c1)OCO2)c1ccc(NC(=O)c2cn(-c3ccccc3)nc2-c2ccccc2)cc1. The zero-order valence-corrected chi connectivity index (χ0v) is 20.8. The van der Waals surface area contributed by atoms with E-state index in [0.717, 1.165) is 16.8 Å². The molecule has 4 aromatic carbocycles. The van der Waals surface area contributed by atoms with E-state index in [1.165, 1.54) is 6.08 Å². The standard InChI is InChI=1S/C32H23N3O4/c36-28(17-11-22-12-18-29-30(19-22)39-21-38-29)23-13-15-25(16-14-23)33-32(37)27-20-35(26-9-5-2-6-10-26)34-31(27)24-7-3-1-4-8-24/h1-20H,21H2,(H,33,37)/b17-11+. The predicted octanol–water partition coefficient (Wildman–Crippen LogP) is 6.42. The van der Waals surface area contributed by atoms with Crippen LogP contribution in [-0.2, 0) is 0 Å². The fourth-order valence-corrected chi connectivity index (χ4v) is 4.26. The zero-order chi connectivity index (χ0) is 26.6. The third kappa shape index (κ3) is 5.19. The van der Waals surface area contributed by atoms with Gasteiger partial charge in [0.05, 0.1) is 11.3 Å². The molecule has 0 fully saturated rings. The molecule has 0 saturated carbocycles. The minimum atomic E-state index is -0.294. The Bertz CT molecular complexity index is 1670. The fraction of sp³-hybridized carbons (Fsp3) is 0.0312. The summed E-state index contributed by atoms with van der Waals surface area (Å²) in [6, 6.07) is 31.5. The zero-order valence-electron chi connectivity index (χ0n) is 20.8. The molecule has 1 aliphatic heterocycles. The Balaban J connectivity index is 1.19. The van der Waals surface area contributed by atoms with E-state index in [2.05, 4.69) is 5.32 Å². The Morgan fingerprint density at radius 2 is 1.54 bits per heavy atom. The summed E-state index contributed by atoms with van der Waals surface area (Å²) in [6.07, 6.45) is 4.97. The second-order valence-electron chi connectivity index (χ2n) is 8.88. The molecule has 1 amide bonds. The number of ether oxygens (including phenoxy) is 2. The first kappa shape index (κ1) is 23.9. The maximum Gasteiger partial charge on any atom is 0.259 e. The molecule has 1 aliphatic rings. The number of hydrogen-bond acceptors (Lipinski definition) is 5. The lowest BCUT2D eigenvalue weighted by molar-refractivity contribution is 0.102. The van der Waals surface area contributed by atoms with Crippen LogP contribution in [-0.4, -0.2) is 28.3 Å². The molecule has 2 heterocycles. The molecule has 1 aromatic heterocycles. The fourth-order valence-electron chi connectivity index (χ4n) is 4.26. The molecule has 0 aliphatic carbocycles. The van der Waals surface area contributed by atoms with Gasteiger partial charge in [-0.1, -0.05) is 60.7 Å². The molecule has 0 radical (unpaired) electrons. The predicted molar refractivity (Wildman–Crippen MR) is 149 cm³/mol. The number of anilines is 1. The van der Waals surface area contributed by atoms with Crippen LogP contribution in [0.5, 0.6) is 11.5 Å². The number of nitrogens with zero attached hydrogens (tertiary/aromatic N) is 2. The van der Waals surface area contributed by atoms with Crippen molar-refractivity contribution in [3.8, 4) is 28.4 Å². The smallest absolute Gasteiger partial charge is 0.259 e. The van der Waals surface area contributed by atoms with Gasteiger partial charge in [0.2, 0.25) is 6.79 Å². The Morgan fingerprint density at radius 1 is 0.821 bits per heavy atom. The third-order valence-electron chi connectivity index (χ3n) is 6.28. The molecule has 39 heavy (non-hydrogen) atoms. The van der Waals surface area contributed by atoms with Crippen molar-refractivity contribution in [1.82, 2.24) is 9.78 Å². The largest absolute Gasteiger partial charge is 0.454 e. The van der Waals surface area contributed by atoms with E-state index in [1.807, 2.05) is 78.9 Å². The van der Waals surface area contributed by atoms with E-state index in [1.54, 1.807) is 41.2 Å². The van der Waals surface area contributed by atoms with Gasteiger partial charge in [-0.25, -0.2) is 4.68 Å². The maximum absolute atomic E-state index is 13.4. The van der Waals surface area contributed by atoms with Gasteiger partial charge in [-0.05, 0) is 60.2 Å². The van der Waals surface area contributed by atoms with Gasteiger partial charge in [0, 0.05) is 23.0 Å². The molecular weight excluding hydrogens is 490 g/mol. The van der Waals surface area contributed by atoms with E-state index in [-0.39, 0.29) is 18.5 Å². The van der Waals surface area contributed by atoms with Crippen LogP contribution in [0.15, 0.2) is 115 Å². The summed E-state index contributed by atoms with van der Waals surface area (Å²) < 4.78 is 12.4. The molecule has 5 aromatic rings. The lowest BCUT2D eigenvalue weighted by Gasteiger charge is -2.06. The number of nitrogens with one attached hydrogen (secondary N) is 1. The molecule has 0 saturated heterocycles. The quantitative estimate of drug-likeness (QED) is 0.201. The lowest BCUT2D eigenvalue weighted by Crippen LogP contribution is -2.12. The van der Waals surface area contributed by atoms with Gasteiger partial charge in [-0.3, -0.25) is 9.59 Å². The minimum Gasteiger partial charge on any atom is -0.454 e. The first-order chi connectivity index (χ1) is 19.1. The first-order valence-electron chi connectivity index (χ1n) is 12.4. The monoisotopic (exact) mass is 513 g/mol. The number of allylic oxidation sites excluding steroid dienone is 1. The minimum absolute atomic E-state index is 0.152. The average Bonchev–Trinajstić information content (AvgIpc) is 3.65. The van der Waals surface area contributed by atoms with Crippen LogP contribution in [0.25, 0.3) is 23.0 Å². The van der Waals surface area contributed by atoms with Crippen molar-refractivity contribution >= 4 is 23.5 Å². The summed E-state index contributed by atoms with van der Waals surface area (Å²) in [4.78, 5) is 26.1. The summed E-state index contributed by atoms with van der Waals surface area (Å²) in [6.45, 7) is 0.202. The number of fused-ring (bicyclic) bond motifs is 1. The highest BCUT2D eigenvalue weighted by atomic mass is 16.7. The third-order valence-corrected chi connectivity index (χ3v) is 6.28. The van der Waals surface area contributed by atoms with Gasteiger partial charge >= 0.3 is 0 Å². The van der Waals surface area contributed by atoms with Crippen LogP contribution in [0.3, 0.4) is 0 Å². The molecule has 6 rings (SSSR count). The second kappa shape index (κ2) is 10.5. The Morgan fingerprint density at radius 3 is 2.31 bits per heavy atom. The van der Waals surface area contributed by atoms with Gasteiger partial charge in [0.15, 0.2) is 17.3 Å². The molecule has 0 spiro atoms. The van der Waals surface area contributed by atoms with Crippen LogP contribution in [0.1, 0.15) is 26.3 Å². The van der Waals surface area contributed by atoms with E-state index in [4.69, 9.17) is 14.6 Å². The maximum atomic E-state index is 13.4. The number of carbonyl (C=O) groups is 2. The van der Waals surface area contributed by atoms with Crippen molar-refractivity contribution in [1.29, 1.82) is 0 Å². The number of para-hydroxylation sites is 1. The van der Waals surface area contributed by atoms with Crippen LogP contribution >= 0.6 is 0 Å². The molecule has 1 N–H and O–H groups in total. The van der Waals surface area contributed by atoms with Crippen LogP contribution in [0.4, 0.5) is 5.69 Å². The summed E-state index contributed by atoms with van der Waals surface area (Å²) in [5.41, 5.74) is 4.63. The Kier molecular flexibility index (Phi) is 6.45. The number of rotatable bonds is 7. The number of carbonyl (C=O) groups excluding carboxylic acids is 2. The molecule has 0 atom stereocenters. The van der Waals surface area contributed by atoms with Gasteiger partial charge in [0.1, 0.15) is 5.69 Å². The van der Waals surface area contributed by atoms with Gasteiger partial charge < -0.3 is 14.8 Å². The van der Waals surface area contributed by atoms with Crippen molar-refractivity contribution in [2.45, 2.75) is 0 Å². The van der Waals surface area contributed by atoms with Crippen molar-refractivity contribution in [2.75, 3.05) is 12.1 Å². The highest BCUT2D eigenvalue weighted by Crippen LogP contribution is 2.33. The Hall–Kier alpha value is -5.43. The highest BCUT2D eigenvalue weighted by molar-refractivity contribution is 6.09. The molecular formula is C32H23N3O4. The average molecular weight is 514 g/mol. The summed E-state index contributed by atoms with van der Waals surface area (Å²) in [7, 11) is 0. The highest BCUT2D eigenvalue weighted by Gasteiger charge is 2.19. The van der Waals surface area contributed by atoms with E-state index in [9.17, 15) is 9.59 Å².